The number of nitrogens with zero attached hydrogens (tertiary/aromatic N) is 1. The van der Waals surface area contributed by atoms with E-state index in [0.29, 0.717) is 23.1 Å². The molecule has 1 atom stereocenters. The zero-order chi connectivity index (χ0) is 12.5. The Kier molecular flexibility index (Phi) is 3.46. The highest BCUT2D eigenvalue weighted by atomic mass is 79.9. The van der Waals surface area contributed by atoms with Crippen molar-refractivity contribution in [3.8, 4) is 0 Å². The number of rotatable bonds is 2. The van der Waals surface area contributed by atoms with E-state index in [1.165, 1.54) is 6.20 Å². The van der Waals surface area contributed by atoms with Gasteiger partial charge < -0.3 is 5.32 Å². The van der Waals surface area contributed by atoms with Crippen LogP contribution in [0.2, 0.25) is 0 Å². The molecule has 1 aliphatic rings. The summed E-state index contributed by atoms with van der Waals surface area (Å²) in [5.41, 5.74) is 0. The lowest BCUT2D eigenvalue weighted by Crippen LogP contribution is -2.33. The predicted molar refractivity (Wildman–Crippen MR) is 61.8 cm³/mol. The van der Waals surface area contributed by atoms with Gasteiger partial charge in [-0.3, -0.25) is 9.89 Å². The maximum absolute atomic E-state index is 13.2. The van der Waals surface area contributed by atoms with E-state index < -0.39 is 11.8 Å². The lowest BCUT2D eigenvalue weighted by Gasteiger charge is -2.27. The molecular formula is C10H12BrF2N3O. The Morgan fingerprint density at radius 1 is 1.65 bits per heavy atom. The van der Waals surface area contributed by atoms with Gasteiger partial charge in [0.05, 0.1) is 10.7 Å². The summed E-state index contributed by atoms with van der Waals surface area (Å²) in [6, 6.07) is 0. The number of aromatic amines is 1. The molecular weight excluding hydrogens is 296 g/mol. The molecule has 4 nitrogen and oxygen atoms in total. The van der Waals surface area contributed by atoms with Gasteiger partial charge in [-0.25, -0.2) is 8.78 Å². The number of aromatic nitrogens is 2. The van der Waals surface area contributed by atoms with Crippen LogP contribution in [0.15, 0.2) is 10.7 Å². The van der Waals surface area contributed by atoms with E-state index in [-0.39, 0.29) is 18.7 Å². The summed E-state index contributed by atoms with van der Waals surface area (Å²) in [6.45, 7) is 0. The van der Waals surface area contributed by atoms with E-state index in [1.54, 1.807) is 0 Å². The molecule has 1 amide bonds. The third-order valence-corrected chi connectivity index (χ3v) is 3.45. The minimum atomic E-state index is -2.72. The molecule has 1 fully saturated rings. The molecule has 0 saturated heterocycles. The van der Waals surface area contributed by atoms with E-state index in [0.717, 1.165) is 0 Å². The van der Waals surface area contributed by atoms with Gasteiger partial charge >= 0.3 is 0 Å². The number of hydrogen-bond acceptors (Lipinski definition) is 2. The van der Waals surface area contributed by atoms with E-state index in [2.05, 4.69) is 31.4 Å². The first kappa shape index (κ1) is 12.5. The van der Waals surface area contributed by atoms with Gasteiger partial charge in [0, 0.05) is 18.8 Å². The second kappa shape index (κ2) is 4.72. The predicted octanol–water partition coefficient (Wildman–Crippen LogP) is 2.94. The zero-order valence-corrected chi connectivity index (χ0v) is 10.6. The zero-order valence-electron chi connectivity index (χ0n) is 8.97. The molecule has 0 radical (unpaired) electrons. The van der Waals surface area contributed by atoms with Gasteiger partial charge in [-0.1, -0.05) is 0 Å². The van der Waals surface area contributed by atoms with Gasteiger partial charge in [-0.2, -0.15) is 5.10 Å². The summed E-state index contributed by atoms with van der Waals surface area (Å²) >= 11 is 3.18. The van der Waals surface area contributed by atoms with Crippen molar-refractivity contribution in [1.82, 2.24) is 10.2 Å². The largest absolute Gasteiger partial charge is 0.310 e. The first-order chi connectivity index (χ1) is 7.98. The molecule has 1 saturated carbocycles. The molecule has 0 bridgehead atoms. The minimum Gasteiger partial charge on any atom is -0.310 e. The van der Waals surface area contributed by atoms with Gasteiger partial charge in [-0.15, -0.1) is 0 Å². The van der Waals surface area contributed by atoms with Crippen molar-refractivity contribution in [2.75, 3.05) is 5.32 Å². The maximum Gasteiger partial charge on any atom is 0.248 e. The fraction of sp³-hybridized carbons (Fsp3) is 0.600. The molecule has 1 heterocycles. The quantitative estimate of drug-likeness (QED) is 0.882. The highest BCUT2D eigenvalue weighted by Gasteiger charge is 2.39. The highest BCUT2D eigenvalue weighted by molar-refractivity contribution is 9.10. The van der Waals surface area contributed by atoms with Gasteiger partial charge in [0.1, 0.15) is 5.82 Å². The van der Waals surface area contributed by atoms with E-state index in [1.807, 2.05) is 0 Å². The van der Waals surface area contributed by atoms with Crippen LogP contribution in [-0.4, -0.2) is 22.0 Å². The lowest BCUT2D eigenvalue weighted by atomic mass is 9.86. The molecule has 17 heavy (non-hydrogen) atoms. The second-order valence-corrected chi connectivity index (χ2v) is 5.09. The average Bonchev–Trinajstić information content (AvgIpc) is 2.63. The van der Waals surface area contributed by atoms with Crippen molar-refractivity contribution in [2.24, 2.45) is 5.92 Å². The third-order valence-electron chi connectivity index (χ3n) is 2.85. The molecule has 2 N–H and O–H groups in total. The Morgan fingerprint density at radius 3 is 3.00 bits per heavy atom. The van der Waals surface area contributed by atoms with Crippen LogP contribution < -0.4 is 5.32 Å². The van der Waals surface area contributed by atoms with Crippen LogP contribution in [0.4, 0.5) is 14.6 Å². The third kappa shape index (κ3) is 3.02. The van der Waals surface area contributed by atoms with Crippen LogP contribution in [0.1, 0.15) is 25.7 Å². The Labute approximate surface area is 105 Å². The van der Waals surface area contributed by atoms with Crippen molar-refractivity contribution in [2.45, 2.75) is 31.6 Å². The number of alkyl halides is 2. The fourth-order valence-electron chi connectivity index (χ4n) is 1.98. The first-order valence-electron chi connectivity index (χ1n) is 5.35. The number of carbonyl (C=O) groups excluding carboxylic acids is 1. The standard InChI is InChI=1S/C10H12BrF2N3O/c11-7-5-14-16-8(7)15-9(17)6-2-1-3-10(12,13)4-6/h5-6H,1-4H2,(H2,14,15,16,17). The summed E-state index contributed by atoms with van der Waals surface area (Å²) in [4.78, 5) is 11.8. The van der Waals surface area contributed by atoms with Crippen LogP contribution in [-0.2, 0) is 4.79 Å². The summed E-state index contributed by atoms with van der Waals surface area (Å²) in [5.74, 6) is -3.32. The molecule has 2 rings (SSSR count). The Balaban J connectivity index is 1.99. The smallest absolute Gasteiger partial charge is 0.248 e. The van der Waals surface area contributed by atoms with Crippen LogP contribution >= 0.6 is 15.9 Å². The normalized spacial score (nSPS) is 23.4. The molecule has 1 aromatic heterocycles. The van der Waals surface area contributed by atoms with Crippen LogP contribution in [0, 0.1) is 5.92 Å². The summed E-state index contributed by atoms with van der Waals surface area (Å²) < 4.78 is 26.9. The molecule has 0 spiro atoms. The molecule has 1 unspecified atom stereocenters. The van der Waals surface area contributed by atoms with E-state index >= 15 is 0 Å². The number of H-pyrrole nitrogens is 1. The monoisotopic (exact) mass is 307 g/mol. The van der Waals surface area contributed by atoms with E-state index in [9.17, 15) is 13.6 Å². The number of carbonyl (C=O) groups is 1. The Morgan fingerprint density at radius 2 is 2.41 bits per heavy atom. The number of halogens is 3. The van der Waals surface area contributed by atoms with Crippen LogP contribution in [0.25, 0.3) is 0 Å². The topological polar surface area (TPSA) is 57.8 Å². The van der Waals surface area contributed by atoms with Gasteiger partial charge in [0.25, 0.3) is 0 Å². The average molecular weight is 308 g/mol. The van der Waals surface area contributed by atoms with Gasteiger partial charge in [0.15, 0.2) is 0 Å². The molecule has 1 aromatic rings. The van der Waals surface area contributed by atoms with Crippen molar-refractivity contribution in [1.29, 1.82) is 0 Å². The lowest BCUT2D eigenvalue weighted by molar-refractivity contribution is -0.127. The fourth-order valence-corrected chi connectivity index (χ4v) is 2.27. The second-order valence-electron chi connectivity index (χ2n) is 4.23. The molecule has 1 aliphatic carbocycles. The number of hydrogen-bond donors (Lipinski definition) is 2. The van der Waals surface area contributed by atoms with Gasteiger partial charge in [-0.05, 0) is 28.8 Å². The van der Waals surface area contributed by atoms with Crippen molar-refractivity contribution < 1.29 is 13.6 Å². The Hall–Kier alpha value is -0.980. The molecule has 7 heteroatoms. The number of nitrogens with one attached hydrogen (secondary N) is 2. The number of amides is 1. The van der Waals surface area contributed by atoms with Crippen molar-refractivity contribution in [3.63, 3.8) is 0 Å². The Bertz CT molecular complexity index is 421. The van der Waals surface area contributed by atoms with Crippen molar-refractivity contribution in [3.05, 3.63) is 10.7 Å². The number of anilines is 1. The molecule has 0 aliphatic heterocycles. The summed E-state index contributed by atoms with van der Waals surface area (Å²) in [7, 11) is 0. The van der Waals surface area contributed by atoms with Crippen molar-refractivity contribution >= 4 is 27.7 Å². The maximum atomic E-state index is 13.2. The SMILES string of the molecule is O=C(Nc1[nH]ncc1Br)C1CCCC(F)(F)C1. The van der Waals surface area contributed by atoms with Crippen LogP contribution in [0.5, 0.6) is 0 Å². The summed E-state index contributed by atoms with van der Waals surface area (Å²) in [5, 5.41) is 8.85. The van der Waals surface area contributed by atoms with Crippen LogP contribution in [0.3, 0.4) is 0 Å². The first-order valence-corrected chi connectivity index (χ1v) is 6.15. The highest BCUT2D eigenvalue weighted by Crippen LogP contribution is 2.37. The molecule has 94 valence electrons. The van der Waals surface area contributed by atoms with E-state index in [4.69, 9.17) is 0 Å². The molecule has 0 aromatic carbocycles. The summed E-state index contributed by atoms with van der Waals surface area (Å²) in [6.07, 6.45) is 1.89. The minimum absolute atomic E-state index is 0.121. The van der Waals surface area contributed by atoms with Gasteiger partial charge in [0.2, 0.25) is 11.8 Å².